The molecule has 0 spiro atoms. The molecule has 0 bridgehead atoms. The maximum absolute atomic E-state index is 10.8. The van der Waals surface area contributed by atoms with Gasteiger partial charge in [-0.05, 0) is 48.5 Å². The molecule has 132 valence electrons. The summed E-state index contributed by atoms with van der Waals surface area (Å²) in [6.07, 6.45) is 0.734. The van der Waals surface area contributed by atoms with Gasteiger partial charge in [0.15, 0.2) is 6.29 Å². The van der Waals surface area contributed by atoms with E-state index in [9.17, 15) is 14.7 Å². The standard InChI is InChI=1S/C13H10O3.C7H6O3/c14-9-10-4-1-2-7-13(10)16-12-6-3-5-11(15)8-12;8-6-3-1-5(2-4-6)7(9)10/h1-9,15H;1-4,8H,(H,9,10). The molecule has 3 rings (SSSR count). The zero-order valence-electron chi connectivity index (χ0n) is 13.6. The highest BCUT2D eigenvalue weighted by Gasteiger charge is 2.03. The molecule has 0 aliphatic carbocycles. The number of ether oxygens (including phenoxy) is 1. The van der Waals surface area contributed by atoms with Gasteiger partial charge in [0.25, 0.3) is 0 Å². The third kappa shape index (κ3) is 5.38. The first-order valence-corrected chi connectivity index (χ1v) is 7.53. The Bertz CT molecular complexity index is 887. The minimum atomic E-state index is -0.986. The van der Waals surface area contributed by atoms with Crippen LogP contribution in [0.15, 0.2) is 72.8 Å². The zero-order valence-corrected chi connectivity index (χ0v) is 13.6. The Morgan fingerprint density at radius 2 is 1.54 bits per heavy atom. The Labute approximate surface area is 149 Å². The predicted octanol–water partition coefficient (Wildman–Crippen LogP) is 4.09. The molecule has 3 aromatic rings. The summed E-state index contributed by atoms with van der Waals surface area (Å²) in [5.41, 5.74) is 0.656. The van der Waals surface area contributed by atoms with Crippen LogP contribution in [0, 0.1) is 0 Å². The van der Waals surface area contributed by atoms with Crippen molar-refractivity contribution in [3.8, 4) is 23.0 Å². The molecule has 0 amide bonds. The summed E-state index contributed by atoms with van der Waals surface area (Å²) >= 11 is 0. The van der Waals surface area contributed by atoms with E-state index in [1.54, 1.807) is 42.5 Å². The van der Waals surface area contributed by atoms with E-state index in [0.717, 1.165) is 6.29 Å². The number of phenols is 2. The van der Waals surface area contributed by atoms with Crippen molar-refractivity contribution in [1.29, 1.82) is 0 Å². The Morgan fingerprint density at radius 1 is 0.846 bits per heavy atom. The average Bonchev–Trinajstić information content (AvgIpc) is 2.63. The monoisotopic (exact) mass is 352 g/mol. The molecule has 26 heavy (non-hydrogen) atoms. The summed E-state index contributed by atoms with van der Waals surface area (Å²) in [7, 11) is 0. The number of para-hydroxylation sites is 1. The molecule has 0 saturated carbocycles. The second-order valence-electron chi connectivity index (χ2n) is 5.11. The van der Waals surface area contributed by atoms with Gasteiger partial charge in [0.05, 0.1) is 11.1 Å². The van der Waals surface area contributed by atoms with Crippen LogP contribution in [0.5, 0.6) is 23.0 Å². The number of carboxylic acids is 1. The molecular weight excluding hydrogens is 336 g/mol. The van der Waals surface area contributed by atoms with Crippen molar-refractivity contribution >= 4 is 12.3 Å². The highest BCUT2D eigenvalue weighted by atomic mass is 16.5. The van der Waals surface area contributed by atoms with Gasteiger partial charge in [-0.1, -0.05) is 18.2 Å². The van der Waals surface area contributed by atoms with Gasteiger partial charge in [-0.3, -0.25) is 4.79 Å². The summed E-state index contributed by atoms with van der Waals surface area (Å²) in [5.74, 6) is 0.184. The highest BCUT2D eigenvalue weighted by molar-refractivity contribution is 5.87. The van der Waals surface area contributed by atoms with Crippen LogP contribution in [0.3, 0.4) is 0 Å². The fraction of sp³-hybridized carbons (Fsp3) is 0. The number of carbonyl (C=O) groups is 2. The van der Waals surface area contributed by atoms with Gasteiger partial charge in [0, 0.05) is 6.07 Å². The van der Waals surface area contributed by atoms with Gasteiger partial charge in [-0.2, -0.15) is 0 Å². The first kappa shape index (κ1) is 18.5. The molecule has 0 saturated heterocycles. The molecule has 3 N–H and O–H groups in total. The molecule has 3 aromatic carbocycles. The fourth-order valence-electron chi connectivity index (χ4n) is 1.95. The lowest BCUT2D eigenvalue weighted by Crippen LogP contribution is -1.93. The van der Waals surface area contributed by atoms with Crippen LogP contribution in [0.1, 0.15) is 20.7 Å². The lowest BCUT2D eigenvalue weighted by molar-refractivity contribution is 0.0696. The molecule has 0 aliphatic heterocycles. The molecule has 0 radical (unpaired) electrons. The van der Waals surface area contributed by atoms with E-state index in [1.807, 2.05) is 0 Å². The topological polar surface area (TPSA) is 104 Å². The van der Waals surface area contributed by atoms with Crippen LogP contribution in [-0.2, 0) is 0 Å². The molecular formula is C20H16O6. The van der Waals surface area contributed by atoms with Crippen molar-refractivity contribution in [3.05, 3.63) is 83.9 Å². The Hall–Kier alpha value is -3.80. The quantitative estimate of drug-likeness (QED) is 0.611. The number of rotatable bonds is 4. The van der Waals surface area contributed by atoms with E-state index < -0.39 is 5.97 Å². The van der Waals surface area contributed by atoms with E-state index in [4.69, 9.17) is 14.9 Å². The van der Waals surface area contributed by atoms with Crippen molar-refractivity contribution in [2.75, 3.05) is 0 Å². The smallest absolute Gasteiger partial charge is 0.335 e. The number of benzene rings is 3. The van der Waals surface area contributed by atoms with Crippen LogP contribution >= 0.6 is 0 Å². The summed E-state index contributed by atoms with van der Waals surface area (Å²) < 4.78 is 5.49. The molecule has 0 fully saturated rings. The number of aldehydes is 1. The second kappa shape index (κ2) is 8.89. The van der Waals surface area contributed by atoms with E-state index in [1.165, 1.54) is 30.3 Å². The van der Waals surface area contributed by atoms with Gasteiger partial charge in [-0.25, -0.2) is 4.79 Å². The number of phenolic OH excluding ortho intramolecular Hbond substituents is 2. The van der Waals surface area contributed by atoms with Crippen LogP contribution in [0.2, 0.25) is 0 Å². The zero-order chi connectivity index (χ0) is 18.9. The van der Waals surface area contributed by atoms with Gasteiger partial charge in [0.2, 0.25) is 0 Å². The number of hydrogen-bond donors (Lipinski definition) is 3. The maximum Gasteiger partial charge on any atom is 0.335 e. The number of carbonyl (C=O) groups excluding carboxylic acids is 1. The number of carboxylic acid groups (broad SMARTS) is 1. The Balaban J connectivity index is 0.000000209. The first-order valence-electron chi connectivity index (χ1n) is 7.53. The van der Waals surface area contributed by atoms with Crippen molar-refractivity contribution in [1.82, 2.24) is 0 Å². The van der Waals surface area contributed by atoms with E-state index in [2.05, 4.69) is 0 Å². The van der Waals surface area contributed by atoms with Crippen LogP contribution in [-0.4, -0.2) is 27.6 Å². The molecule has 0 aromatic heterocycles. The van der Waals surface area contributed by atoms with Gasteiger partial charge < -0.3 is 20.1 Å². The fourth-order valence-corrected chi connectivity index (χ4v) is 1.95. The molecule has 6 heteroatoms. The summed E-state index contributed by atoms with van der Waals surface area (Å²) in [6, 6.07) is 18.7. The summed E-state index contributed by atoms with van der Waals surface area (Å²) in [4.78, 5) is 21.0. The van der Waals surface area contributed by atoms with E-state index >= 15 is 0 Å². The van der Waals surface area contributed by atoms with Crippen LogP contribution in [0.25, 0.3) is 0 Å². The minimum absolute atomic E-state index is 0.0741. The molecule has 0 atom stereocenters. The number of hydrogen-bond acceptors (Lipinski definition) is 5. The van der Waals surface area contributed by atoms with Crippen molar-refractivity contribution in [2.24, 2.45) is 0 Å². The normalized spacial score (nSPS) is 9.54. The third-order valence-corrected chi connectivity index (χ3v) is 3.21. The van der Waals surface area contributed by atoms with E-state index in [-0.39, 0.29) is 17.1 Å². The average molecular weight is 352 g/mol. The van der Waals surface area contributed by atoms with Crippen molar-refractivity contribution in [3.63, 3.8) is 0 Å². The SMILES string of the molecule is O=C(O)c1ccc(O)cc1.O=Cc1ccccc1Oc1cccc(O)c1. The van der Waals surface area contributed by atoms with E-state index in [0.29, 0.717) is 17.1 Å². The predicted molar refractivity (Wildman–Crippen MR) is 95.1 cm³/mol. The molecule has 0 unspecified atom stereocenters. The maximum atomic E-state index is 10.8. The third-order valence-electron chi connectivity index (χ3n) is 3.21. The van der Waals surface area contributed by atoms with Crippen LogP contribution < -0.4 is 4.74 Å². The minimum Gasteiger partial charge on any atom is -0.508 e. The van der Waals surface area contributed by atoms with Crippen molar-refractivity contribution in [2.45, 2.75) is 0 Å². The Kier molecular flexibility index (Phi) is 6.34. The van der Waals surface area contributed by atoms with Gasteiger partial charge in [-0.15, -0.1) is 0 Å². The molecule has 0 heterocycles. The highest BCUT2D eigenvalue weighted by Crippen LogP contribution is 2.26. The number of aromatic hydroxyl groups is 2. The Morgan fingerprint density at radius 3 is 2.15 bits per heavy atom. The van der Waals surface area contributed by atoms with Crippen LogP contribution in [0.4, 0.5) is 0 Å². The largest absolute Gasteiger partial charge is 0.508 e. The summed E-state index contributed by atoms with van der Waals surface area (Å²) in [5, 5.41) is 26.4. The van der Waals surface area contributed by atoms with Gasteiger partial charge in [0.1, 0.15) is 23.0 Å². The molecule has 6 nitrogen and oxygen atoms in total. The number of aromatic carboxylic acids is 1. The molecule has 0 aliphatic rings. The lowest BCUT2D eigenvalue weighted by Gasteiger charge is -2.07. The van der Waals surface area contributed by atoms with Gasteiger partial charge >= 0.3 is 5.97 Å². The summed E-state index contributed by atoms with van der Waals surface area (Å²) in [6.45, 7) is 0. The first-order chi connectivity index (χ1) is 12.5. The second-order valence-corrected chi connectivity index (χ2v) is 5.11. The lowest BCUT2D eigenvalue weighted by atomic mass is 10.2. The van der Waals surface area contributed by atoms with Crippen molar-refractivity contribution < 1.29 is 29.6 Å².